The van der Waals surface area contributed by atoms with Crippen LogP contribution in [0.1, 0.15) is 20.3 Å². The smallest absolute Gasteiger partial charge is 0.244 e. The van der Waals surface area contributed by atoms with Crippen molar-refractivity contribution in [3.05, 3.63) is 24.3 Å². The number of amides is 2. The highest BCUT2D eigenvalue weighted by Gasteiger charge is 2.14. The Kier molecular flexibility index (Phi) is 7.99. The molecule has 1 N–H and O–H groups in total. The van der Waals surface area contributed by atoms with Crippen LogP contribution in [0.5, 0.6) is 5.75 Å². The van der Waals surface area contributed by atoms with Gasteiger partial charge in [0.2, 0.25) is 11.8 Å². The number of hydrogen-bond acceptors (Lipinski definition) is 4. The molecular formula is C16H24N2O4. The van der Waals surface area contributed by atoms with Gasteiger partial charge in [0.15, 0.2) is 0 Å². The van der Waals surface area contributed by atoms with Gasteiger partial charge in [-0.1, -0.05) is 12.1 Å². The van der Waals surface area contributed by atoms with Crippen molar-refractivity contribution in [2.24, 2.45) is 0 Å². The van der Waals surface area contributed by atoms with E-state index >= 15 is 0 Å². The molecule has 0 spiro atoms. The summed E-state index contributed by atoms with van der Waals surface area (Å²) in [5, 5.41) is 2.78. The third-order valence-corrected chi connectivity index (χ3v) is 3.02. The van der Waals surface area contributed by atoms with Crippen LogP contribution in [0.2, 0.25) is 0 Å². The summed E-state index contributed by atoms with van der Waals surface area (Å²) in [4.78, 5) is 25.2. The molecule has 0 aliphatic rings. The molecule has 1 aromatic rings. The fourth-order valence-corrected chi connectivity index (χ4v) is 1.96. The highest BCUT2D eigenvalue weighted by atomic mass is 16.5. The standard InChI is InChI=1S/C16H24N2O4/c1-4-22-15-9-6-5-8-14(15)17-16(20)12-18(13(2)19)10-7-11-21-3/h5-6,8-9H,4,7,10-12H2,1-3H3,(H,17,20). The van der Waals surface area contributed by atoms with E-state index in [0.29, 0.717) is 37.6 Å². The van der Waals surface area contributed by atoms with Crippen molar-refractivity contribution in [1.82, 2.24) is 4.90 Å². The first-order valence-corrected chi connectivity index (χ1v) is 7.34. The highest BCUT2D eigenvalue weighted by Crippen LogP contribution is 2.23. The predicted octanol–water partition coefficient (Wildman–Crippen LogP) is 1.91. The monoisotopic (exact) mass is 308 g/mol. The molecule has 2 amide bonds. The van der Waals surface area contributed by atoms with Gasteiger partial charge < -0.3 is 19.7 Å². The summed E-state index contributed by atoms with van der Waals surface area (Å²) < 4.78 is 10.4. The molecule has 0 radical (unpaired) electrons. The molecule has 6 heteroatoms. The highest BCUT2D eigenvalue weighted by molar-refractivity contribution is 5.95. The summed E-state index contributed by atoms with van der Waals surface area (Å²) in [6.45, 7) is 4.91. The lowest BCUT2D eigenvalue weighted by molar-refractivity contribution is -0.132. The maximum atomic E-state index is 12.1. The second kappa shape index (κ2) is 9.78. The molecule has 22 heavy (non-hydrogen) atoms. The molecule has 0 bridgehead atoms. The van der Waals surface area contributed by atoms with Crippen LogP contribution in [-0.4, -0.2) is 50.1 Å². The Morgan fingerprint density at radius 1 is 1.27 bits per heavy atom. The van der Waals surface area contributed by atoms with Crippen molar-refractivity contribution >= 4 is 17.5 Å². The van der Waals surface area contributed by atoms with E-state index in [1.807, 2.05) is 19.1 Å². The van der Waals surface area contributed by atoms with Crippen molar-refractivity contribution in [3.63, 3.8) is 0 Å². The summed E-state index contributed by atoms with van der Waals surface area (Å²) in [7, 11) is 1.61. The average molecular weight is 308 g/mol. The fraction of sp³-hybridized carbons (Fsp3) is 0.500. The van der Waals surface area contributed by atoms with Crippen LogP contribution in [0.4, 0.5) is 5.69 Å². The third kappa shape index (κ3) is 6.13. The number of rotatable bonds is 9. The number of carbonyl (C=O) groups excluding carboxylic acids is 2. The van der Waals surface area contributed by atoms with Crippen LogP contribution in [0.3, 0.4) is 0 Å². The van der Waals surface area contributed by atoms with E-state index in [9.17, 15) is 9.59 Å². The zero-order chi connectivity index (χ0) is 16.4. The number of methoxy groups -OCH3 is 1. The van der Waals surface area contributed by atoms with E-state index in [1.54, 1.807) is 19.2 Å². The molecule has 0 saturated carbocycles. The summed E-state index contributed by atoms with van der Waals surface area (Å²) >= 11 is 0. The predicted molar refractivity (Wildman–Crippen MR) is 85.0 cm³/mol. The number of para-hydroxylation sites is 2. The molecular weight excluding hydrogens is 284 g/mol. The molecule has 0 aromatic heterocycles. The van der Waals surface area contributed by atoms with Crippen molar-refractivity contribution in [2.75, 3.05) is 38.7 Å². The molecule has 0 heterocycles. The first-order chi connectivity index (χ1) is 10.6. The van der Waals surface area contributed by atoms with E-state index in [4.69, 9.17) is 9.47 Å². The van der Waals surface area contributed by atoms with Gasteiger partial charge in [0.1, 0.15) is 5.75 Å². The lowest BCUT2D eigenvalue weighted by Gasteiger charge is -2.20. The molecule has 1 rings (SSSR count). The van der Waals surface area contributed by atoms with Crippen LogP contribution in [-0.2, 0) is 14.3 Å². The maximum Gasteiger partial charge on any atom is 0.244 e. The summed E-state index contributed by atoms with van der Waals surface area (Å²) in [5.41, 5.74) is 0.606. The van der Waals surface area contributed by atoms with Gasteiger partial charge in [0.05, 0.1) is 18.8 Å². The lowest BCUT2D eigenvalue weighted by Crippen LogP contribution is -2.37. The van der Waals surface area contributed by atoms with Crippen LogP contribution < -0.4 is 10.1 Å². The van der Waals surface area contributed by atoms with Gasteiger partial charge >= 0.3 is 0 Å². The number of hydrogen-bond donors (Lipinski definition) is 1. The number of ether oxygens (including phenoxy) is 2. The molecule has 122 valence electrons. The number of anilines is 1. The number of nitrogens with one attached hydrogen (secondary N) is 1. The quantitative estimate of drug-likeness (QED) is 0.708. The Balaban J connectivity index is 2.61. The second-order valence-electron chi connectivity index (χ2n) is 4.76. The molecule has 0 aliphatic carbocycles. The zero-order valence-corrected chi connectivity index (χ0v) is 13.4. The van der Waals surface area contributed by atoms with Gasteiger partial charge in [-0.05, 0) is 25.5 Å². The van der Waals surface area contributed by atoms with Crippen LogP contribution in [0.15, 0.2) is 24.3 Å². The van der Waals surface area contributed by atoms with Crippen LogP contribution in [0.25, 0.3) is 0 Å². The molecule has 0 unspecified atom stereocenters. The molecule has 0 aliphatic heterocycles. The third-order valence-electron chi connectivity index (χ3n) is 3.02. The Morgan fingerprint density at radius 2 is 2.00 bits per heavy atom. The Bertz CT molecular complexity index is 491. The second-order valence-corrected chi connectivity index (χ2v) is 4.76. The van der Waals surface area contributed by atoms with Crippen molar-refractivity contribution in [3.8, 4) is 5.75 Å². The molecule has 0 saturated heterocycles. The Labute approximate surface area is 131 Å². The van der Waals surface area contributed by atoms with Gasteiger partial charge in [-0.3, -0.25) is 9.59 Å². The average Bonchev–Trinajstić information content (AvgIpc) is 2.48. The van der Waals surface area contributed by atoms with E-state index in [0.717, 1.165) is 0 Å². The normalized spacial score (nSPS) is 10.1. The van der Waals surface area contributed by atoms with Gasteiger partial charge in [-0.2, -0.15) is 0 Å². The van der Waals surface area contributed by atoms with Crippen molar-refractivity contribution in [2.45, 2.75) is 20.3 Å². The minimum Gasteiger partial charge on any atom is -0.492 e. The molecule has 0 fully saturated rings. The van der Waals surface area contributed by atoms with Crippen molar-refractivity contribution in [1.29, 1.82) is 0 Å². The Hall–Kier alpha value is -2.08. The van der Waals surface area contributed by atoms with Gasteiger partial charge in [-0.15, -0.1) is 0 Å². The van der Waals surface area contributed by atoms with Crippen molar-refractivity contribution < 1.29 is 19.1 Å². The summed E-state index contributed by atoms with van der Waals surface area (Å²) in [6, 6.07) is 7.22. The summed E-state index contributed by atoms with van der Waals surface area (Å²) in [5.74, 6) is 0.233. The minimum atomic E-state index is -0.250. The number of nitrogens with zero attached hydrogens (tertiary/aromatic N) is 1. The fourth-order valence-electron chi connectivity index (χ4n) is 1.96. The van der Waals surface area contributed by atoms with E-state index < -0.39 is 0 Å². The lowest BCUT2D eigenvalue weighted by atomic mass is 10.3. The first kappa shape index (κ1) is 18.0. The summed E-state index contributed by atoms with van der Waals surface area (Å²) in [6.07, 6.45) is 0.693. The van der Waals surface area contributed by atoms with Crippen LogP contribution >= 0.6 is 0 Å². The molecule has 6 nitrogen and oxygen atoms in total. The van der Waals surface area contributed by atoms with Gasteiger partial charge in [0, 0.05) is 27.2 Å². The topological polar surface area (TPSA) is 67.9 Å². The maximum absolute atomic E-state index is 12.1. The largest absolute Gasteiger partial charge is 0.492 e. The van der Waals surface area contributed by atoms with Crippen LogP contribution in [0, 0.1) is 0 Å². The van der Waals surface area contributed by atoms with E-state index in [1.165, 1.54) is 11.8 Å². The SMILES string of the molecule is CCOc1ccccc1NC(=O)CN(CCCOC)C(C)=O. The number of benzene rings is 1. The Morgan fingerprint density at radius 3 is 2.64 bits per heavy atom. The minimum absolute atomic E-state index is 0.0134. The first-order valence-electron chi connectivity index (χ1n) is 7.34. The molecule has 0 atom stereocenters. The zero-order valence-electron chi connectivity index (χ0n) is 13.4. The number of carbonyl (C=O) groups is 2. The molecule has 1 aromatic carbocycles. The van der Waals surface area contributed by atoms with Gasteiger partial charge in [-0.25, -0.2) is 0 Å². The van der Waals surface area contributed by atoms with E-state index in [-0.39, 0.29) is 18.4 Å². The van der Waals surface area contributed by atoms with E-state index in [2.05, 4.69) is 5.32 Å². The van der Waals surface area contributed by atoms with Gasteiger partial charge in [0.25, 0.3) is 0 Å².